The Morgan fingerprint density at radius 3 is 2.54 bits per heavy atom. The molecule has 1 aliphatic heterocycles. The van der Waals surface area contributed by atoms with Crippen LogP contribution in [0.25, 0.3) is 0 Å². The third-order valence-electron chi connectivity index (χ3n) is 3.73. The van der Waals surface area contributed by atoms with Crippen molar-refractivity contribution >= 4 is 23.5 Å². The fraction of sp³-hybridized carbons (Fsp3) is 0.471. The molecule has 0 radical (unpaired) electrons. The molecule has 7 heteroatoms. The summed E-state index contributed by atoms with van der Waals surface area (Å²) in [4.78, 5) is 34.0. The van der Waals surface area contributed by atoms with Gasteiger partial charge in [0, 0.05) is 36.8 Å². The Kier molecular flexibility index (Phi) is 6.74. The van der Waals surface area contributed by atoms with E-state index in [4.69, 9.17) is 4.74 Å². The molecule has 24 heavy (non-hydrogen) atoms. The molecule has 1 saturated heterocycles. The topological polar surface area (TPSA) is 108 Å². The van der Waals surface area contributed by atoms with Crippen LogP contribution in [0.2, 0.25) is 0 Å². The predicted molar refractivity (Wildman–Crippen MR) is 85.2 cm³/mol. The highest BCUT2D eigenvalue weighted by Gasteiger charge is 2.16. The van der Waals surface area contributed by atoms with Crippen LogP contribution in [-0.4, -0.2) is 37.0 Å². The first-order valence-corrected chi connectivity index (χ1v) is 8.04. The summed E-state index contributed by atoms with van der Waals surface area (Å²) in [6.45, 7) is 1.24. The second kappa shape index (κ2) is 9.02. The van der Waals surface area contributed by atoms with Gasteiger partial charge in [0.25, 0.3) is 5.91 Å². The second-order valence-corrected chi connectivity index (χ2v) is 5.70. The van der Waals surface area contributed by atoms with Gasteiger partial charge in [0.15, 0.2) is 0 Å². The number of carbonyl (C=O) groups is 3. The van der Waals surface area contributed by atoms with Crippen LogP contribution < -0.4 is 15.7 Å². The van der Waals surface area contributed by atoms with Gasteiger partial charge in [-0.25, -0.2) is 0 Å². The summed E-state index contributed by atoms with van der Waals surface area (Å²) in [5.74, 6) is -1.62. The van der Waals surface area contributed by atoms with E-state index in [1.54, 1.807) is 24.3 Å². The monoisotopic (exact) mass is 333 g/mol. The number of carboxylic acid groups (broad SMARTS) is 1. The molecular weight excluding hydrogens is 312 g/mol. The molecule has 1 atom stereocenters. The summed E-state index contributed by atoms with van der Waals surface area (Å²) >= 11 is 0. The molecule has 7 nitrogen and oxygen atoms in total. The highest BCUT2D eigenvalue weighted by atomic mass is 16.5. The normalized spacial score (nSPS) is 16.6. The molecular formula is C17H21N2O5-. The largest absolute Gasteiger partial charge is 0.550 e. The minimum atomic E-state index is -1.17. The number of hydrogen-bond donors (Lipinski definition) is 2. The predicted octanol–water partition coefficient (Wildman–Crippen LogP) is 0.454. The molecule has 0 aliphatic carbocycles. The van der Waals surface area contributed by atoms with Crippen molar-refractivity contribution in [2.45, 2.75) is 38.2 Å². The van der Waals surface area contributed by atoms with Gasteiger partial charge in [0.2, 0.25) is 5.91 Å². The lowest BCUT2D eigenvalue weighted by molar-refractivity contribution is -0.305. The zero-order valence-corrected chi connectivity index (χ0v) is 13.4. The number of carbonyl (C=O) groups excluding carboxylic acids is 3. The van der Waals surface area contributed by atoms with Gasteiger partial charge in [-0.2, -0.15) is 0 Å². The fourth-order valence-electron chi connectivity index (χ4n) is 2.44. The Hall–Kier alpha value is -2.41. The Bertz CT molecular complexity index is 579. The lowest BCUT2D eigenvalue weighted by Gasteiger charge is -2.11. The van der Waals surface area contributed by atoms with E-state index in [0.29, 0.717) is 17.8 Å². The standard InChI is InChI=1S/C17H22N2O5/c20-15(4-1-5-16(21)22)19-13-8-6-12(7-9-13)17(23)18-11-14-3-2-10-24-14/h6-9,14H,1-5,10-11H2,(H,18,23)(H,19,20)(H,21,22)/p-1/t14-/m1/s1. The number of aliphatic carboxylic acids is 1. The van der Waals surface area contributed by atoms with Gasteiger partial charge in [-0.1, -0.05) is 0 Å². The van der Waals surface area contributed by atoms with Crippen LogP contribution in [0.5, 0.6) is 0 Å². The van der Waals surface area contributed by atoms with Crippen LogP contribution in [0.1, 0.15) is 42.5 Å². The lowest BCUT2D eigenvalue weighted by Crippen LogP contribution is -2.31. The average molecular weight is 333 g/mol. The molecule has 2 N–H and O–H groups in total. The van der Waals surface area contributed by atoms with Gasteiger partial charge >= 0.3 is 0 Å². The first-order chi connectivity index (χ1) is 11.5. The first kappa shape index (κ1) is 17.9. The number of rotatable bonds is 8. The maximum atomic E-state index is 12.0. The van der Waals surface area contributed by atoms with Gasteiger partial charge in [-0.3, -0.25) is 9.59 Å². The van der Waals surface area contributed by atoms with Crippen LogP contribution in [0.3, 0.4) is 0 Å². The summed E-state index contributed by atoms with van der Waals surface area (Å²) in [6, 6.07) is 6.53. The van der Waals surface area contributed by atoms with Crippen molar-refractivity contribution in [1.82, 2.24) is 5.32 Å². The van der Waals surface area contributed by atoms with Gasteiger partial charge in [0.1, 0.15) is 0 Å². The molecule has 0 unspecified atom stereocenters. The van der Waals surface area contributed by atoms with Gasteiger partial charge in [0.05, 0.1) is 6.10 Å². The molecule has 2 rings (SSSR count). The van der Waals surface area contributed by atoms with Crippen LogP contribution in [0.4, 0.5) is 5.69 Å². The van der Waals surface area contributed by atoms with Crippen LogP contribution in [0.15, 0.2) is 24.3 Å². The molecule has 0 aromatic heterocycles. The Morgan fingerprint density at radius 1 is 1.17 bits per heavy atom. The Labute approximate surface area is 140 Å². The summed E-state index contributed by atoms with van der Waals surface area (Å²) < 4.78 is 5.45. The van der Waals surface area contributed by atoms with E-state index in [2.05, 4.69) is 10.6 Å². The minimum Gasteiger partial charge on any atom is -0.550 e. The number of hydrogen-bond acceptors (Lipinski definition) is 5. The molecule has 1 aromatic rings. The highest BCUT2D eigenvalue weighted by molar-refractivity contribution is 5.95. The number of nitrogens with one attached hydrogen (secondary N) is 2. The number of anilines is 1. The second-order valence-electron chi connectivity index (χ2n) is 5.70. The Balaban J connectivity index is 1.75. The average Bonchev–Trinajstić information content (AvgIpc) is 3.06. The fourth-order valence-corrected chi connectivity index (χ4v) is 2.44. The zero-order chi connectivity index (χ0) is 17.4. The molecule has 1 aliphatic rings. The first-order valence-electron chi connectivity index (χ1n) is 8.04. The lowest BCUT2D eigenvalue weighted by atomic mass is 10.1. The van der Waals surface area contributed by atoms with Gasteiger partial charge in [-0.15, -0.1) is 0 Å². The van der Waals surface area contributed by atoms with Crippen LogP contribution >= 0.6 is 0 Å². The van der Waals surface area contributed by atoms with Crippen molar-refractivity contribution in [3.05, 3.63) is 29.8 Å². The van der Waals surface area contributed by atoms with Crippen LogP contribution in [-0.2, 0) is 14.3 Å². The minimum absolute atomic E-state index is 0.0912. The van der Waals surface area contributed by atoms with E-state index in [9.17, 15) is 19.5 Å². The number of carboxylic acids is 1. The summed E-state index contributed by atoms with van der Waals surface area (Å²) in [5.41, 5.74) is 1.06. The van der Waals surface area contributed by atoms with Crippen molar-refractivity contribution < 1.29 is 24.2 Å². The molecule has 2 amide bonds. The molecule has 130 valence electrons. The van der Waals surface area contributed by atoms with Crippen LogP contribution in [0, 0.1) is 0 Å². The van der Waals surface area contributed by atoms with Crippen molar-refractivity contribution in [1.29, 1.82) is 0 Å². The quantitative estimate of drug-likeness (QED) is 0.718. The maximum Gasteiger partial charge on any atom is 0.251 e. The zero-order valence-electron chi connectivity index (χ0n) is 13.4. The van der Waals surface area contributed by atoms with Crippen molar-refractivity contribution in [3.63, 3.8) is 0 Å². The SMILES string of the molecule is O=C([O-])CCCC(=O)Nc1ccc(C(=O)NC[C@H]2CCCO2)cc1. The molecule has 0 bridgehead atoms. The van der Waals surface area contributed by atoms with E-state index >= 15 is 0 Å². The van der Waals surface area contributed by atoms with E-state index in [1.807, 2.05) is 0 Å². The van der Waals surface area contributed by atoms with Crippen molar-refractivity contribution in [2.75, 3.05) is 18.5 Å². The van der Waals surface area contributed by atoms with E-state index in [0.717, 1.165) is 19.4 Å². The number of benzene rings is 1. The molecule has 1 heterocycles. The summed E-state index contributed by atoms with van der Waals surface area (Å²) in [6.07, 6.45) is 2.28. The van der Waals surface area contributed by atoms with E-state index in [-0.39, 0.29) is 37.2 Å². The maximum absolute atomic E-state index is 12.0. The van der Waals surface area contributed by atoms with E-state index in [1.165, 1.54) is 0 Å². The Morgan fingerprint density at radius 2 is 1.92 bits per heavy atom. The third kappa shape index (κ3) is 6.00. The summed E-state index contributed by atoms with van der Waals surface area (Å²) in [5, 5.41) is 15.8. The molecule has 1 aromatic carbocycles. The smallest absolute Gasteiger partial charge is 0.251 e. The van der Waals surface area contributed by atoms with Gasteiger partial charge < -0.3 is 25.3 Å². The van der Waals surface area contributed by atoms with Crippen molar-refractivity contribution in [2.24, 2.45) is 0 Å². The highest BCUT2D eigenvalue weighted by Crippen LogP contribution is 2.12. The number of ether oxygens (including phenoxy) is 1. The third-order valence-corrected chi connectivity index (χ3v) is 3.73. The van der Waals surface area contributed by atoms with E-state index < -0.39 is 5.97 Å². The summed E-state index contributed by atoms with van der Waals surface area (Å²) in [7, 11) is 0. The molecule has 1 fully saturated rings. The van der Waals surface area contributed by atoms with Gasteiger partial charge in [-0.05, 0) is 49.9 Å². The molecule has 0 saturated carbocycles. The molecule has 0 spiro atoms. The van der Waals surface area contributed by atoms with Crippen molar-refractivity contribution in [3.8, 4) is 0 Å². The number of amides is 2.